The van der Waals surface area contributed by atoms with Gasteiger partial charge in [0.05, 0.1) is 15.5 Å². The number of thiazole rings is 1. The van der Waals surface area contributed by atoms with Gasteiger partial charge in [0, 0.05) is 16.8 Å². The van der Waals surface area contributed by atoms with Crippen LogP contribution in [-0.2, 0) is 4.79 Å². The molecule has 156 valence electrons. The number of amides is 1. The van der Waals surface area contributed by atoms with Gasteiger partial charge in [-0.25, -0.2) is 4.98 Å². The first-order valence-corrected chi connectivity index (χ1v) is 11.5. The molecule has 0 atom stereocenters. The lowest BCUT2D eigenvalue weighted by Crippen LogP contribution is -2.14. The topological polar surface area (TPSA) is 84.8 Å². The summed E-state index contributed by atoms with van der Waals surface area (Å²) < 4.78 is 0.971. The highest BCUT2D eigenvalue weighted by atomic mass is 32.2. The Hall–Kier alpha value is -3.10. The molecule has 1 N–H and O–H groups in total. The van der Waals surface area contributed by atoms with Gasteiger partial charge in [-0.3, -0.25) is 9.59 Å². The van der Waals surface area contributed by atoms with Crippen LogP contribution in [0.5, 0.6) is 0 Å². The number of carbonyl (C=O) groups excluding carboxylic acids is 2. The Morgan fingerprint density at radius 2 is 1.71 bits per heavy atom. The van der Waals surface area contributed by atoms with Crippen molar-refractivity contribution in [1.29, 1.82) is 0 Å². The molecule has 2 aromatic heterocycles. The molecule has 0 saturated heterocycles. The van der Waals surface area contributed by atoms with Crippen molar-refractivity contribution in [3.05, 3.63) is 64.7 Å². The molecule has 8 heteroatoms. The average molecular weight is 449 g/mol. The zero-order valence-electron chi connectivity index (χ0n) is 17.3. The molecule has 6 nitrogen and oxygen atoms in total. The van der Waals surface area contributed by atoms with E-state index in [1.54, 1.807) is 35.6 Å². The first kappa shape index (κ1) is 21.1. The molecule has 0 spiro atoms. The van der Waals surface area contributed by atoms with Gasteiger partial charge >= 0.3 is 0 Å². The summed E-state index contributed by atoms with van der Waals surface area (Å²) in [5.74, 6) is 0.00681. The number of anilines is 1. The minimum Gasteiger partial charge on any atom is -0.325 e. The van der Waals surface area contributed by atoms with Crippen LogP contribution in [0.25, 0.3) is 21.5 Å². The van der Waals surface area contributed by atoms with Crippen LogP contribution in [0, 0.1) is 13.8 Å². The molecular formula is C23H20N4O2S2. The Labute approximate surface area is 188 Å². The maximum absolute atomic E-state index is 12.4. The highest BCUT2D eigenvalue weighted by Crippen LogP contribution is 2.35. The fraction of sp³-hybridized carbons (Fsp3) is 0.174. The van der Waals surface area contributed by atoms with Crippen LogP contribution in [0.1, 0.15) is 27.9 Å². The van der Waals surface area contributed by atoms with Crippen molar-refractivity contribution in [1.82, 2.24) is 15.2 Å². The van der Waals surface area contributed by atoms with E-state index < -0.39 is 0 Å². The second-order valence-electron chi connectivity index (χ2n) is 7.10. The third-order valence-electron chi connectivity index (χ3n) is 4.63. The summed E-state index contributed by atoms with van der Waals surface area (Å²) in [6.07, 6.45) is 0. The Morgan fingerprint density at radius 1 is 1.00 bits per heavy atom. The summed E-state index contributed by atoms with van der Waals surface area (Å²) in [5, 5.41) is 13.2. The number of aromatic nitrogens is 3. The molecule has 0 bridgehead atoms. The molecule has 2 heterocycles. The number of hydrogen-bond donors (Lipinski definition) is 1. The molecule has 1 amide bonds. The van der Waals surface area contributed by atoms with E-state index >= 15 is 0 Å². The van der Waals surface area contributed by atoms with Gasteiger partial charge < -0.3 is 5.32 Å². The zero-order chi connectivity index (χ0) is 22.0. The lowest BCUT2D eigenvalue weighted by molar-refractivity contribution is -0.113. The second-order valence-corrected chi connectivity index (χ2v) is 9.27. The minimum absolute atomic E-state index is 0.0105. The quantitative estimate of drug-likeness (QED) is 0.318. The van der Waals surface area contributed by atoms with Crippen LogP contribution in [-0.4, -0.2) is 32.6 Å². The molecule has 0 fully saturated rings. The molecule has 2 aromatic carbocycles. The van der Waals surface area contributed by atoms with Crippen LogP contribution in [0.15, 0.2) is 53.6 Å². The van der Waals surface area contributed by atoms with E-state index in [1.165, 1.54) is 24.2 Å². The van der Waals surface area contributed by atoms with Crippen molar-refractivity contribution >= 4 is 50.7 Å². The SMILES string of the molecule is CC(=O)c1ccc(NC(=O)CSc2nnc(-c3ccc(C)cc3)c3sc(C)nc23)cc1. The van der Waals surface area contributed by atoms with E-state index in [9.17, 15) is 9.59 Å². The summed E-state index contributed by atoms with van der Waals surface area (Å²) in [6.45, 7) is 5.51. The number of aryl methyl sites for hydroxylation is 2. The standard InChI is InChI=1S/C23H20N4O2S2/c1-13-4-6-17(7-5-13)20-22-21(24-15(3)31-22)23(27-26-20)30-12-19(29)25-18-10-8-16(9-11-18)14(2)28/h4-11H,12H2,1-3H3,(H,25,29). The number of hydrogen-bond acceptors (Lipinski definition) is 7. The number of nitrogens with zero attached hydrogens (tertiary/aromatic N) is 3. The Bertz CT molecular complexity index is 1270. The Morgan fingerprint density at radius 3 is 2.39 bits per heavy atom. The van der Waals surface area contributed by atoms with Gasteiger partial charge in [-0.15, -0.1) is 21.5 Å². The smallest absolute Gasteiger partial charge is 0.234 e. The van der Waals surface area contributed by atoms with Gasteiger partial charge in [-0.1, -0.05) is 41.6 Å². The predicted molar refractivity (Wildman–Crippen MR) is 126 cm³/mol. The van der Waals surface area contributed by atoms with Gasteiger partial charge in [-0.05, 0) is 45.0 Å². The van der Waals surface area contributed by atoms with Crippen molar-refractivity contribution in [2.45, 2.75) is 25.8 Å². The number of benzene rings is 2. The molecule has 0 radical (unpaired) electrons. The first-order valence-electron chi connectivity index (χ1n) is 9.65. The summed E-state index contributed by atoms with van der Waals surface area (Å²) in [4.78, 5) is 28.4. The van der Waals surface area contributed by atoms with Crippen LogP contribution >= 0.6 is 23.1 Å². The summed E-state index contributed by atoms with van der Waals surface area (Å²) >= 11 is 2.89. The Balaban J connectivity index is 1.51. The van der Waals surface area contributed by atoms with Crippen LogP contribution in [0.4, 0.5) is 5.69 Å². The number of rotatable bonds is 6. The van der Waals surface area contributed by atoms with E-state index in [-0.39, 0.29) is 17.4 Å². The normalized spacial score (nSPS) is 10.9. The van der Waals surface area contributed by atoms with Gasteiger partial charge in [0.2, 0.25) is 5.91 Å². The number of carbonyl (C=O) groups is 2. The molecule has 4 aromatic rings. The van der Waals surface area contributed by atoms with Gasteiger partial charge in [0.15, 0.2) is 5.78 Å². The van der Waals surface area contributed by atoms with E-state index in [4.69, 9.17) is 0 Å². The third-order valence-corrected chi connectivity index (χ3v) is 6.57. The number of nitrogens with one attached hydrogen (secondary N) is 1. The number of Topliss-reactive ketones (excluding diaryl/α,β-unsaturated/α-hetero) is 1. The van der Waals surface area contributed by atoms with Gasteiger partial charge in [-0.2, -0.15) is 0 Å². The van der Waals surface area contributed by atoms with Crippen LogP contribution in [0.3, 0.4) is 0 Å². The summed E-state index contributed by atoms with van der Waals surface area (Å²) in [7, 11) is 0. The first-order chi connectivity index (χ1) is 14.9. The maximum atomic E-state index is 12.4. The Kier molecular flexibility index (Phi) is 6.11. The summed E-state index contributed by atoms with van der Waals surface area (Å²) in [5.41, 5.74) is 5.01. The van der Waals surface area contributed by atoms with E-state index in [0.29, 0.717) is 16.3 Å². The molecular weight excluding hydrogens is 428 g/mol. The lowest BCUT2D eigenvalue weighted by atomic mass is 10.1. The van der Waals surface area contributed by atoms with Crippen molar-refractivity contribution < 1.29 is 9.59 Å². The highest BCUT2D eigenvalue weighted by molar-refractivity contribution is 8.00. The highest BCUT2D eigenvalue weighted by Gasteiger charge is 2.17. The number of thioether (sulfide) groups is 1. The molecule has 0 unspecified atom stereocenters. The van der Waals surface area contributed by atoms with Gasteiger partial charge in [0.1, 0.15) is 16.2 Å². The second kappa shape index (κ2) is 8.95. The van der Waals surface area contributed by atoms with Crippen molar-refractivity contribution in [3.8, 4) is 11.3 Å². The van der Waals surface area contributed by atoms with Crippen molar-refractivity contribution in [2.24, 2.45) is 0 Å². The van der Waals surface area contributed by atoms with E-state index in [0.717, 1.165) is 26.5 Å². The fourth-order valence-corrected chi connectivity index (χ4v) is 4.75. The van der Waals surface area contributed by atoms with Gasteiger partial charge in [0.25, 0.3) is 0 Å². The molecule has 0 saturated carbocycles. The fourth-order valence-electron chi connectivity index (χ4n) is 3.04. The summed E-state index contributed by atoms with van der Waals surface area (Å²) in [6, 6.07) is 15.0. The lowest BCUT2D eigenvalue weighted by Gasteiger charge is -2.07. The molecule has 4 rings (SSSR count). The van der Waals surface area contributed by atoms with Crippen molar-refractivity contribution in [3.63, 3.8) is 0 Å². The number of fused-ring (bicyclic) bond motifs is 1. The van der Waals surface area contributed by atoms with E-state index in [1.807, 2.05) is 38.1 Å². The van der Waals surface area contributed by atoms with Crippen LogP contribution < -0.4 is 5.32 Å². The maximum Gasteiger partial charge on any atom is 0.234 e. The molecule has 31 heavy (non-hydrogen) atoms. The average Bonchev–Trinajstić information content (AvgIpc) is 3.14. The van der Waals surface area contributed by atoms with Crippen molar-refractivity contribution in [2.75, 3.05) is 11.1 Å². The largest absolute Gasteiger partial charge is 0.325 e. The number of ketones is 1. The minimum atomic E-state index is -0.162. The van der Waals surface area contributed by atoms with E-state index in [2.05, 4.69) is 20.5 Å². The van der Waals surface area contributed by atoms with Crippen LogP contribution in [0.2, 0.25) is 0 Å². The molecule has 0 aliphatic rings. The monoisotopic (exact) mass is 448 g/mol. The molecule has 0 aliphatic carbocycles. The molecule has 0 aliphatic heterocycles. The zero-order valence-corrected chi connectivity index (χ0v) is 18.9. The predicted octanol–water partition coefficient (Wildman–Crippen LogP) is 5.30. The third kappa shape index (κ3) is 4.81.